The van der Waals surface area contributed by atoms with E-state index < -0.39 is 28.5 Å². The summed E-state index contributed by atoms with van der Waals surface area (Å²) in [4.78, 5) is 35.1. The lowest BCUT2D eigenvalue weighted by molar-refractivity contribution is -0.385. The molecule has 9 heteroatoms. The fraction of sp³-hybridized carbons (Fsp3) is 0.250. The number of rotatable bonds is 5. The zero-order chi connectivity index (χ0) is 18.1. The highest BCUT2D eigenvalue weighted by Gasteiger charge is 2.44. The molecule has 1 aromatic carbocycles. The molecule has 0 saturated carbocycles. The fourth-order valence-corrected chi connectivity index (χ4v) is 2.89. The van der Waals surface area contributed by atoms with Gasteiger partial charge in [0.2, 0.25) is 0 Å². The van der Waals surface area contributed by atoms with Gasteiger partial charge in [-0.05, 0) is 0 Å². The third-order valence-electron chi connectivity index (χ3n) is 3.99. The van der Waals surface area contributed by atoms with Gasteiger partial charge in [-0.3, -0.25) is 10.1 Å². The molecule has 9 nitrogen and oxygen atoms in total. The van der Waals surface area contributed by atoms with E-state index in [1.165, 1.54) is 31.4 Å². The smallest absolute Gasteiger partial charge is 0.339 e. The van der Waals surface area contributed by atoms with Crippen LogP contribution in [-0.4, -0.2) is 42.3 Å². The molecule has 2 heterocycles. The molecule has 0 saturated heterocycles. The first-order valence-corrected chi connectivity index (χ1v) is 7.22. The summed E-state index contributed by atoms with van der Waals surface area (Å²) in [6.45, 7) is -0.527. The van der Waals surface area contributed by atoms with Gasteiger partial charge in [-0.1, -0.05) is 18.2 Å². The fourth-order valence-electron chi connectivity index (χ4n) is 2.89. The van der Waals surface area contributed by atoms with E-state index in [0.29, 0.717) is 0 Å². The first-order valence-electron chi connectivity index (χ1n) is 7.22. The second-order valence-corrected chi connectivity index (χ2v) is 5.30. The van der Waals surface area contributed by atoms with E-state index in [1.807, 2.05) is 0 Å². The minimum Gasteiger partial charge on any atom is -0.508 e. The molecule has 0 aliphatic carbocycles. The summed E-state index contributed by atoms with van der Waals surface area (Å²) in [5.41, 5.74) is -0.568. The van der Waals surface area contributed by atoms with E-state index in [1.54, 1.807) is 0 Å². The molecule has 0 spiro atoms. The number of ether oxygens (including phenoxy) is 3. The molecule has 0 aromatic heterocycles. The molecule has 1 atom stereocenters. The van der Waals surface area contributed by atoms with E-state index in [0.717, 1.165) is 0 Å². The Morgan fingerprint density at radius 3 is 2.40 bits per heavy atom. The molecule has 1 unspecified atom stereocenters. The molecular formula is C16H13NO8. The van der Waals surface area contributed by atoms with Gasteiger partial charge in [0.1, 0.15) is 24.7 Å². The number of benzene rings is 1. The molecule has 130 valence electrons. The van der Waals surface area contributed by atoms with Crippen LogP contribution in [0, 0.1) is 10.1 Å². The van der Waals surface area contributed by atoms with E-state index in [9.17, 15) is 24.8 Å². The van der Waals surface area contributed by atoms with Crippen LogP contribution in [0.3, 0.4) is 0 Å². The Bertz CT molecular complexity index is 838. The first-order chi connectivity index (χ1) is 12.0. The number of cyclic esters (lactones) is 2. The van der Waals surface area contributed by atoms with Crippen molar-refractivity contribution in [2.24, 2.45) is 0 Å². The van der Waals surface area contributed by atoms with Crippen molar-refractivity contribution in [2.75, 3.05) is 20.3 Å². The maximum atomic E-state index is 12.2. The van der Waals surface area contributed by atoms with Crippen molar-refractivity contribution in [3.05, 3.63) is 62.6 Å². The highest BCUT2D eigenvalue weighted by molar-refractivity contribution is 6.01. The molecule has 2 aliphatic rings. The largest absolute Gasteiger partial charge is 0.508 e. The third kappa shape index (κ3) is 2.69. The lowest BCUT2D eigenvalue weighted by Crippen LogP contribution is -2.18. The minimum absolute atomic E-state index is 0.0521. The van der Waals surface area contributed by atoms with Gasteiger partial charge >= 0.3 is 11.9 Å². The topological polar surface area (TPSA) is 125 Å². The highest BCUT2D eigenvalue weighted by Crippen LogP contribution is 2.43. The van der Waals surface area contributed by atoms with Crippen LogP contribution < -0.4 is 0 Å². The number of carbonyl (C=O) groups is 2. The Morgan fingerprint density at radius 2 is 1.80 bits per heavy atom. The number of nitrogens with zero attached hydrogens (tertiary/aromatic N) is 1. The zero-order valence-corrected chi connectivity index (χ0v) is 13.1. The van der Waals surface area contributed by atoms with Crippen LogP contribution in [0.15, 0.2) is 46.9 Å². The Balaban J connectivity index is 2.29. The number of carbonyl (C=O) groups excluding carboxylic acids is 2. The molecule has 25 heavy (non-hydrogen) atoms. The average Bonchev–Trinajstić information content (AvgIpc) is 3.13. The Morgan fingerprint density at radius 1 is 1.16 bits per heavy atom. The van der Waals surface area contributed by atoms with Gasteiger partial charge < -0.3 is 19.3 Å². The van der Waals surface area contributed by atoms with Gasteiger partial charge in [0.05, 0.1) is 29.1 Å². The van der Waals surface area contributed by atoms with Gasteiger partial charge in [-0.25, -0.2) is 9.59 Å². The summed E-state index contributed by atoms with van der Waals surface area (Å²) >= 11 is 0. The second kappa shape index (κ2) is 6.27. The van der Waals surface area contributed by atoms with E-state index in [4.69, 9.17) is 14.2 Å². The maximum Gasteiger partial charge on any atom is 0.339 e. The van der Waals surface area contributed by atoms with Crippen LogP contribution in [0.1, 0.15) is 11.5 Å². The van der Waals surface area contributed by atoms with Gasteiger partial charge in [-0.2, -0.15) is 0 Å². The second-order valence-electron chi connectivity index (χ2n) is 5.30. The average molecular weight is 347 g/mol. The number of hydrogen-bond acceptors (Lipinski definition) is 8. The third-order valence-corrected chi connectivity index (χ3v) is 3.99. The molecule has 0 amide bonds. The van der Waals surface area contributed by atoms with Crippen molar-refractivity contribution in [1.29, 1.82) is 0 Å². The van der Waals surface area contributed by atoms with Crippen LogP contribution >= 0.6 is 0 Å². The molecule has 0 fully saturated rings. The van der Waals surface area contributed by atoms with Crippen LogP contribution in [0.4, 0.5) is 5.69 Å². The molecular weight excluding hydrogens is 334 g/mol. The molecule has 3 rings (SSSR count). The van der Waals surface area contributed by atoms with Crippen molar-refractivity contribution in [2.45, 2.75) is 5.92 Å². The van der Waals surface area contributed by atoms with Gasteiger partial charge in [0, 0.05) is 11.6 Å². The number of aliphatic hydroxyl groups excluding tert-OH is 1. The van der Waals surface area contributed by atoms with Crippen molar-refractivity contribution < 1.29 is 33.8 Å². The van der Waals surface area contributed by atoms with Gasteiger partial charge in [0.15, 0.2) is 0 Å². The number of methoxy groups -OCH3 is 1. The van der Waals surface area contributed by atoms with Crippen LogP contribution in [0.5, 0.6) is 0 Å². The minimum atomic E-state index is -1.23. The Labute approximate surface area is 141 Å². The summed E-state index contributed by atoms with van der Waals surface area (Å²) in [6.07, 6.45) is 0. The Hall–Kier alpha value is -3.36. The summed E-state index contributed by atoms with van der Waals surface area (Å²) in [6, 6.07) is 5.63. The number of para-hydroxylation sites is 1. The first kappa shape index (κ1) is 16.5. The summed E-state index contributed by atoms with van der Waals surface area (Å²) in [7, 11) is 1.31. The summed E-state index contributed by atoms with van der Waals surface area (Å²) in [5.74, 6) is -3.13. The van der Waals surface area contributed by atoms with E-state index in [2.05, 4.69) is 0 Å². The molecule has 2 aliphatic heterocycles. The number of nitro benzene ring substituents is 1. The van der Waals surface area contributed by atoms with E-state index in [-0.39, 0.29) is 41.4 Å². The highest BCUT2D eigenvalue weighted by atomic mass is 16.6. The van der Waals surface area contributed by atoms with Crippen LogP contribution in [0.2, 0.25) is 0 Å². The quantitative estimate of drug-likeness (QED) is 0.482. The number of aliphatic hydroxyl groups is 1. The van der Waals surface area contributed by atoms with Crippen LogP contribution in [-0.2, 0) is 23.8 Å². The summed E-state index contributed by atoms with van der Waals surface area (Å²) < 4.78 is 14.9. The van der Waals surface area contributed by atoms with Gasteiger partial charge in [-0.15, -0.1) is 0 Å². The lowest BCUT2D eigenvalue weighted by atomic mass is 9.83. The number of hydrogen-bond donors (Lipinski definition) is 1. The Kier molecular flexibility index (Phi) is 4.14. The van der Waals surface area contributed by atoms with Gasteiger partial charge in [0.25, 0.3) is 5.69 Å². The normalized spacial score (nSPS) is 18.3. The summed E-state index contributed by atoms with van der Waals surface area (Å²) in [5, 5.41) is 21.5. The SMILES string of the molecule is COC1=C(C(C2=C(O)COC2=O)c2ccccc2[N+](=O)[O-])C(=O)OC1. The number of esters is 2. The van der Waals surface area contributed by atoms with Crippen molar-refractivity contribution in [3.8, 4) is 0 Å². The van der Waals surface area contributed by atoms with Crippen molar-refractivity contribution >= 4 is 17.6 Å². The standard InChI is InChI=1S/C16H13NO8/c1-23-11-7-25-16(20)14(11)12(13-10(18)6-24-15(13)19)8-4-2-3-5-9(8)17(21)22/h2-5,12,18H,6-7H2,1H3. The molecule has 1 N–H and O–H groups in total. The molecule has 0 bridgehead atoms. The number of nitro groups is 1. The predicted molar refractivity (Wildman–Crippen MR) is 81.4 cm³/mol. The molecule has 1 aromatic rings. The monoisotopic (exact) mass is 347 g/mol. The lowest BCUT2D eigenvalue weighted by Gasteiger charge is -2.18. The maximum absolute atomic E-state index is 12.2. The van der Waals surface area contributed by atoms with Crippen LogP contribution in [0.25, 0.3) is 0 Å². The van der Waals surface area contributed by atoms with Crippen molar-refractivity contribution in [3.63, 3.8) is 0 Å². The van der Waals surface area contributed by atoms with E-state index >= 15 is 0 Å². The van der Waals surface area contributed by atoms with Crippen molar-refractivity contribution in [1.82, 2.24) is 0 Å². The zero-order valence-electron chi connectivity index (χ0n) is 13.1. The predicted octanol–water partition coefficient (Wildman–Crippen LogP) is 1.50. The molecule has 0 radical (unpaired) electrons.